The molecule has 1 aliphatic heterocycles. The van der Waals surface area contributed by atoms with Gasteiger partial charge in [-0.3, -0.25) is 14.8 Å². The molecule has 0 spiro atoms. The molecule has 24 heavy (non-hydrogen) atoms. The van der Waals surface area contributed by atoms with Gasteiger partial charge < -0.3 is 0 Å². The van der Waals surface area contributed by atoms with Gasteiger partial charge in [-0.15, -0.1) is 11.3 Å². The molecule has 3 aromatic rings. The molecule has 0 aliphatic carbocycles. The van der Waals surface area contributed by atoms with Crippen LogP contribution in [0.4, 0.5) is 0 Å². The Hall–Kier alpha value is -1.99. The quantitative estimate of drug-likeness (QED) is 0.793. The van der Waals surface area contributed by atoms with Crippen LogP contribution < -0.4 is 5.56 Å². The minimum atomic E-state index is -0.0246. The van der Waals surface area contributed by atoms with Gasteiger partial charge in [-0.25, -0.2) is 14.5 Å². The Kier molecular flexibility index (Phi) is 3.97. The summed E-state index contributed by atoms with van der Waals surface area (Å²) in [7, 11) is 0. The lowest BCUT2D eigenvalue weighted by atomic mass is 9.93. The van der Waals surface area contributed by atoms with Crippen LogP contribution in [0.5, 0.6) is 0 Å². The van der Waals surface area contributed by atoms with E-state index in [9.17, 15) is 4.79 Å². The summed E-state index contributed by atoms with van der Waals surface area (Å²) in [5.74, 6) is 0.367. The zero-order valence-corrected chi connectivity index (χ0v) is 14.8. The third-order valence-electron chi connectivity index (χ3n) is 4.66. The summed E-state index contributed by atoms with van der Waals surface area (Å²) >= 11 is 1.71. The molecule has 1 fully saturated rings. The number of H-pyrrole nitrogens is 1. The smallest absolute Gasteiger partial charge is 0.272 e. The van der Waals surface area contributed by atoms with Crippen molar-refractivity contribution in [3.63, 3.8) is 0 Å². The van der Waals surface area contributed by atoms with E-state index in [0.717, 1.165) is 60.2 Å². The van der Waals surface area contributed by atoms with Crippen LogP contribution in [-0.4, -0.2) is 37.6 Å². The number of hydrogen-bond acceptors (Lipinski definition) is 5. The molecule has 0 radical (unpaired) electrons. The largest absolute Gasteiger partial charge is 0.297 e. The van der Waals surface area contributed by atoms with Crippen LogP contribution in [0.25, 0.3) is 5.65 Å². The van der Waals surface area contributed by atoms with Gasteiger partial charge in [0.15, 0.2) is 5.65 Å². The van der Waals surface area contributed by atoms with E-state index >= 15 is 0 Å². The predicted octanol–water partition coefficient (Wildman–Crippen LogP) is 2.48. The molecule has 7 heteroatoms. The zero-order valence-electron chi connectivity index (χ0n) is 14.0. The fourth-order valence-corrected chi connectivity index (χ4v) is 4.04. The predicted molar refractivity (Wildman–Crippen MR) is 94.7 cm³/mol. The maximum atomic E-state index is 12.2. The summed E-state index contributed by atoms with van der Waals surface area (Å²) in [6, 6.07) is 3.61. The second kappa shape index (κ2) is 6.14. The number of piperidine rings is 1. The Labute approximate surface area is 144 Å². The highest BCUT2D eigenvalue weighted by atomic mass is 32.1. The first-order chi connectivity index (χ1) is 11.6. The molecule has 0 amide bonds. The molecule has 0 atom stereocenters. The average Bonchev–Trinajstić information content (AvgIpc) is 3.13. The van der Waals surface area contributed by atoms with Crippen molar-refractivity contribution in [1.82, 2.24) is 24.5 Å². The van der Waals surface area contributed by atoms with E-state index in [1.165, 1.54) is 4.52 Å². The van der Waals surface area contributed by atoms with Crippen molar-refractivity contribution in [2.75, 3.05) is 13.1 Å². The average molecular weight is 343 g/mol. The van der Waals surface area contributed by atoms with Gasteiger partial charge in [0.05, 0.1) is 16.4 Å². The minimum absolute atomic E-state index is 0.0246. The lowest BCUT2D eigenvalue weighted by Gasteiger charge is -2.31. The number of rotatable bonds is 3. The number of aryl methyl sites for hydroxylation is 2. The van der Waals surface area contributed by atoms with Crippen molar-refractivity contribution in [3.8, 4) is 0 Å². The van der Waals surface area contributed by atoms with Gasteiger partial charge in [-0.05, 0) is 39.8 Å². The van der Waals surface area contributed by atoms with Crippen molar-refractivity contribution in [2.24, 2.45) is 0 Å². The molecule has 3 aromatic heterocycles. The Balaban J connectivity index is 1.46. The summed E-state index contributed by atoms with van der Waals surface area (Å²) in [6.45, 7) is 6.95. The van der Waals surface area contributed by atoms with E-state index in [0.29, 0.717) is 5.92 Å². The fourth-order valence-electron chi connectivity index (χ4n) is 3.44. The molecule has 0 unspecified atom stereocenters. The topological polar surface area (TPSA) is 66.3 Å². The third-order valence-corrected chi connectivity index (χ3v) is 5.48. The summed E-state index contributed by atoms with van der Waals surface area (Å²) < 4.78 is 1.51. The summed E-state index contributed by atoms with van der Waals surface area (Å²) in [6.07, 6.45) is 2.07. The highest BCUT2D eigenvalue weighted by Gasteiger charge is 2.23. The summed E-state index contributed by atoms with van der Waals surface area (Å²) in [5, 5.41) is 6.29. The number of aromatic amines is 1. The van der Waals surface area contributed by atoms with Gasteiger partial charge in [0.25, 0.3) is 5.56 Å². The van der Waals surface area contributed by atoms with E-state index in [2.05, 4.69) is 20.4 Å². The third kappa shape index (κ3) is 3.01. The molecule has 6 nitrogen and oxygen atoms in total. The Bertz CT molecular complexity index is 917. The van der Waals surface area contributed by atoms with Gasteiger partial charge >= 0.3 is 0 Å². The lowest BCUT2D eigenvalue weighted by molar-refractivity contribution is 0.201. The molecule has 126 valence electrons. The lowest BCUT2D eigenvalue weighted by Crippen LogP contribution is -2.33. The summed E-state index contributed by atoms with van der Waals surface area (Å²) in [5.41, 5.74) is 3.74. The normalized spacial score (nSPS) is 16.9. The first-order valence-corrected chi connectivity index (χ1v) is 9.19. The Morgan fingerprint density at radius 3 is 2.75 bits per heavy atom. The molecular formula is C17H21N5OS. The number of likely N-dealkylation sites (tertiary alicyclic amines) is 1. The highest BCUT2D eigenvalue weighted by Crippen LogP contribution is 2.27. The van der Waals surface area contributed by atoms with Crippen molar-refractivity contribution in [2.45, 2.75) is 39.2 Å². The van der Waals surface area contributed by atoms with Crippen molar-refractivity contribution in [3.05, 3.63) is 50.0 Å². The van der Waals surface area contributed by atoms with Crippen LogP contribution in [0.3, 0.4) is 0 Å². The monoisotopic (exact) mass is 343 g/mol. The second-order valence-corrected chi connectivity index (χ2v) is 7.62. The van der Waals surface area contributed by atoms with E-state index in [-0.39, 0.29) is 5.56 Å². The van der Waals surface area contributed by atoms with Gasteiger partial charge in [0.2, 0.25) is 0 Å². The van der Waals surface area contributed by atoms with Gasteiger partial charge in [-0.1, -0.05) is 0 Å². The fraction of sp³-hybridized carbons (Fsp3) is 0.471. The molecule has 0 bridgehead atoms. The van der Waals surface area contributed by atoms with Crippen molar-refractivity contribution >= 4 is 17.0 Å². The maximum Gasteiger partial charge on any atom is 0.272 e. The highest BCUT2D eigenvalue weighted by molar-refractivity contribution is 7.09. The van der Waals surface area contributed by atoms with Gasteiger partial charge in [0.1, 0.15) is 0 Å². The SMILES string of the molecule is Cc1cc2nc(C3CCN(Cc4csc(C)n4)CC3)cc(=O)n2[nH]1. The molecule has 1 saturated heterocycles. The van der Waals surface area contributed by atoms with E-state index < -0.39 is 0 Å². The molecule has 1 aliphatic rings. The van der Waals surface area contributed by atoms with Crippen molar-refractivity contribution in [1.29, 1.82) is 0 Å². The van der Waals surface area contributed by atoms with Crippen LogP contribution in [0.15, 0.2) is 22.3 Å². The van der Waals surface area contributed by atoms with Crippen LogP contribution in [0.2, 0.25) is 0 Å². The van der Waals surface area contributed by atoms with E-state index in [4.69, 9.17) is 4.98 Å². The molecule has 4 rings (SSSR count). The van der Waals surface area contributed by atoms with E-state index in [1.54, 1.807) is 17.4 Å². The number of nitrogens with zero attached hydrogens (tertiary/aromatic N) is 4. The standard InChI is InChI=1S/C17H21N5OS/c1-11-7-16-19-15(8-17(23)22(16)20-11)13-3-5-21(6-4-13)9-14-10-24-12(2)18-14/h7-8,10,13,20H,3-6,9H2,1-2H3. The Morgan fingerprint density at radius 1 is 1.25 bits per heavy atom. The van der Waals surface area contributed by atoms with E-state index in [1.807, 2.05) is 19.9 Å². The Morgan fingerprint density at radius 2 is 2.04 bits per heavy atom. The first kappa shape index (κ1) is 15.5. The molecule has 4 heterocycles. The zero-order chi connectivity index (χ0) is 16.7. The number of thiazole rings is 1. The van der Waals surface area contributed by atoms with Gasteiger partial charge in [-0.2, -0.15) is 0 Å². The van der Waals surface area contributed by atoms with Crippen LogP contribution in [-0.2, 0) is 6.54 Å². The number of nitrogens with one attached hydrogen (secondary N) is 1. The minimum Gasteiger partial charge on any atom is -0.297 e. The van der Waals surface area contributed by atoms with Crippen LogP contribution in [0, 0.1) is 13.8 Å². The molecule has 0 aromatic carbocycles. The van der Waals surface area contributed by atoms with Gasteiger partial charge in [0, 0.05) is 35.7 Å². The molecular weight excluding hydrogens is 322 g/mol. The van der Waals surface area contributed by atoms with Crippen LogP contribution in [0.1, 0.15) is 40.8 Å². The summed E-state index contributed by atoms with van der Waals surface area (Å²) in [4.78, 5) is 23.9. The molecule has 0 saturated carbocycles. The number of aromatic nitrogens is 4. The van der Waals surface area contributed by atoms with Crippen LogP contribution >= 0.6 is 11.3 Å². The van der Waals surface area contributed by atoms with Crippen molar-refractivity contribution < 1.29 is 0 Å². The first-order valence-electron chi connectivity index (χ1n) is 8.31. The second-order valence-electron chi connectivity index (χ2n) is 6.56. The number of fused-ring (bicyclic) bond motifs is 1. The molecule has 1 N–H and O–H groups in total. The number of hydrogen-bond donors (Lipinski definition) is 1. The maximum absolute atomic E-state index is 12.2.